The number of pyridine rings is 1. The van der Waals surface area contributed by atoms with Crippen LogP contribution in [0.15, 0.2) is 10.9 Å². The predicted molar refractivity (Wildman–Crippen MR) is 92.4 cm³/mol. The Balaban J connectivity index is 2.01. The summed E-state index contributed by atoms with van der Waals surface area (Å²) in [7, 11) is 1.59. The molecule has 3 rings (SSSR count). The molecule has 138 valence electrons. The highest BCUT2D eigenvalue weighted by Gasteiger charge is 2.28. The van der Waals surface area contributed by atoms with Gasteiger partial charge in [0.05, 0.1) is 19.8 Å². The van der Waals surface area contributed by atoms with Crippen molar-refractivity contribution in [3.63, 3.8) is 0 Å². The van der Waals surface area contributed by atoms with Gasteiger partial charge in [0.25, 0.3) is 11.5 Å². The summed E-state index contributed by atoms with van der Waals surface area (Å²) in [6, 6.07) is 1.43. The fourth-order valence-corrected chi connectivity index (χ4v) is 3.44. The molecule has 2 aliphatic heterocycles. The Bertz CT molecular complexity index is 664. The van der Waals surface area contributed by atoms with Gasteiger partial charge in [-0.25, -0.2) is 0 Å². The number of methoxy groups -OCH3 is 1. The van der Waals surface area contributed by atoms with Crippen LogP contribution in [0.25, 0.3) is 0 Å². The molecule has 7 nitrogen and oxygen atoms in total. The molecule has 7 heteroatoms. The number of carbonyl (C=O) groups is 1. The van der Waals surface area contributed by atoms with Gasteiger partial charge in [-0.1, -0.05) is 0 Å². The fourth-order valence-electron chi connectivity index (χ4n) is 3.44. The summed E-state index contributed by atoms with van der Waals surface area (Å²) in [5.41, 5.74) is 1.10. The Hall–Kier alpha value is -1.86. The molecule has 1 amide bonds. The molecule has 3 heterocycles. The normalized spacial score (nSPS) is 17.7. The number of amides is 1. The van der Waals surface area contributed by atoms with Crippen LogP contribution in [0.4, 0.5) is 0 Å². The average Bonchev–Trinajstić information content (AvgIpc) is 2.89. The molecule has 0 bridgehead atoms. The molecular weight excluding hydrogens is 324 g/mol. The standard InChI is InChI=1S/C18H26N2O5/c1-23-11-12-25-15-13-16(21)20-8-10-24-9-5-14(20)17(15)18(22)19-6-3-2-4-7-19/h13H,2-12H2,1H3. The first-order valence-electron chi connectivity index (χ1n) is 8.98. The van der Waals surface area contributed by atoms with Gasteiger partial charge in [0.2, 0.25) is 0 Å². The highest BCUT2D eigenvalue weighted by molar-refractivity contribution is 5.98. The number of ether oxygens (including phenoxy) is 3. The molecule has 25 heavy (non-hydrogen) atoms. The Morgan fingerprint density at radius 2 is 1.96 bits per heavy atom. The summed E-state index contributed by atoms with van der Waals surface area (Å²) < 4.78 is 17.9. The SMILES string of the molecule is COCCOc1cc(=O)n2c(c1C(=O)N1CCCCC1)CCOCC2. The van der Waals surface area contributed by atoms with E-state index in [1.54, 1.807) is 11.7 Å². The lowest BCUT2D eigenvalue weighted by Gasteiger charge is -2.28. The number of nitrogens with zero attached hydrogens (tertiary/aromatic N) is 2. The third-order valence-electron chi connectivity index (χ3n) is 4.73. The number of aromatic nitrogens is 1. The monoisotopic (exact) mass is 350 g/mol. The second-order valence-corrected chi connectivity index (χ2v) is 6.38. The summed E-state index contributed by atoms with van der Waals surface area (Å²) in [6.07, 6.45) is 3.72. The van der Waals surface area contributed by atoms with Gasteiger partial charge in [0.15, 0.2) is 0 Å². The van der Waals surface area contributed by atoms with Crippen molar-refractivity contribution < 1.29 is 19.0 Å². The number of hydrogen-bond donors (Lipinski definition) is 0. The zero-order valence-electron chi connectivity index (χ0n) is 14.8. The minimum Gasteiger partial charge on any atom is -0.490 e. The lowest BCUT2D eigenvalue weighted by atomic mass is 10.0. The molecule has 0 aliphatic carbocycles. The van der Waals surface area contributed by atoms with Crippen LogP contribution in [0.2, 0.25) is 0 Å². The minimum atomic E-state index is -0.150. The number of likely N-dealkylation sites (tertiary alicyclic amines) is 1. The van der Waals surface area contributed by atoms with Crippen molar-refractivity contribution in [1.29, 1.82) is 0 Å². The van der Waals surface area contributed by atoms with Crippen molar-refractivity contribution in [2.45, 2.75) is 32.2 Å². The number of fused-ring (bicyclic) bond motifs is 1. The summed E-state index contributed by atoms with van der Waals surface area (Å²) in [4.78, 5) is 27.6. The smallest absolute Gasteiger partial charge is 0.259 e. The maximum atomic E-state index is 13.2. The van der Waals surface area contributed by atoms with Crippen molar-refractivity contribution in [3.8, 4) is 5.75 Å². The first kappa shape index (κ1) is 17.9. The van der Waals surface area contributed by atoms with Crippen LogP contribution in [-0.2, 0) is 22.4 Å². The second kappa shape index (κ2) is 8.49. The van der Waals surface area contributed by atoms with E-state index in [0.29, 0.717) is 50.7 Å². The van der Waals surface area contributed by atoms with Gasteiger partial charge in [-0.3, -0.25) is 9.59 Å². The Kier molecular flexibility index (Phi) is 6.09. The van der Waals surface area contributed by atoms with Gasteiger partial charge in [-0.05, 0) is 19.3 Å². The quantitative estimate of drug-likeness (QED) is 0.743. The van der Waals surface area contributed by atoms with Crippen molar-refractivity contribution >= 4 is 5.91 Å². The molecule has 0 atom stereocenters. The van der Waals surface area contributed by atoms with Crippen LogP contribution < -0.4 is 10.3 Å². The van der Waals surface area contributed by atoms with Gasteiger partial charge < -0.3 is 23.7 Å². The predicted octanol–water partition coefficient (Wildman–Crippen LogP) is 1.07. The van der Waals surface area contributed by atoms with Crippen molar-refractivity contribution in [2.24, 2.45) is 0 Å². The topological polar surface area (TPSA) is 70.0 Å². The fraction of sp³-hybridized carbons (Fsp3) is 0.667. The molecule has 0 spiro atoms. The van der Waals surface area contributed by atoms with Crippen molar-refractivity contribution in [1.82, 2.24) is 9.47 Å². The third kappa shape index (κ3) is 4.04. The summed E-state index contributed by atoms with van der Waals surface area (Å²) in [5, 5.41) is 0. The van der Waals surface area contributed by atoms with Gasteiger partial charge >= 0.3 is 0 Å². The van der Waals surface area contributed by atoms with E-state index >= 15 is 0 Å². The van der Waals surface area contributed by atoms with E-state index in [9.17, 15) is 9.59 Å². The molecule has 1 aromatic rings. The first-order valence-corrected chi connectivity index (χ1v) is 8.98. The van der Waals surface area contributed by atoms with E-state index in [1.165, 1.54) is 6.07 Å². The summed E-state index contributed by atoms with van der Waals surface area (Å²) in [5.74, 6) is 0.323. The van der Waals surface area contributed by atoms with Crippen LogP contribution in [-0.4, -0.2) is 62.0 Å². The molecule has 0 aromatic carbocycles. The zero-order valence-corrected chi connectivity index (χ0v) is 14.8. The lowest BCUT2D eigenvalue weighted by molar-refractivity contribution is 0.0714. The third-order valence-corrected chi connectivity index (χ3v) is 4.73. The summed E-state index contributed by atoms with van der Waals surface area (Å²) >= 11 is 0. The molecule has 0 saturated carbocycles. The van der Waals surface area contributed by atoms with Gasteiger partial charge in [-0.15, -0.1) is 0 Å². The molecule has 0 unspecified atom stereocenters. The second-order valence-electron chi connectivity index (χ2n) is 6.38. The van der Waals surface area contributed by atoms with Crippen LogP contribution in [0.1, 0.15) is 35.3 Å². The van der Waals surface area contributed by atoms with Gasteiger partial charge in [0, 0.05) is 44.9 Å². The number of piperidine rings is 1. The zero-order chi connectivity index (χ0) is 17.6. The minimum absolute atomic E-state index is 0.0437. The van der Waals surface area contributed by atoms with Gasteiger partial charge in [-0.2, -0.15) is 0 Å². The Morgan fingerprint density at radius 1 is 1.16 bits per heavy atom. The molecule has 0 radical (unpaired) electrons. The average molecular weight is 350 g/mol. The van der Waals surface area contributed by atoms with Crippen molar-refractivity contribution in [3.05, 3.63) is 27.7 Å². The number of rotatable bonds is 5. The van der Waals surface area contributed by atoms with Crippen LogP contribution in [0.3, 0.4) is 0 Å². The van der Waals surface area contributed by atoms with E-state index in [-0.39, 0.29) is 11.5 Å². The van der Waals surface area contributed by atoms with E-state index in [2.05, 4.69) is 0 Å². The van der Waals surface area contributed by atoms with E-state index < -0.39 is 0 Å². The molecular formula is C18H26N2O5. The number of carbonyl (C=O) groups excluding carboxylic acids is 1. The van der Waals surface area contributed by atoms with Crippen LogP contribution >= 0.6 is 0 Å². The number of hydrogen-bond acceptors (Lipinski definition) is 5. The van der Waals surface area contributed by atoms with Gasteiger partial charge in [0.1, 0.15) is 17.9 Å². The Labute approximate surface area is 147 Å². The van der Waals surface area contributed by atoms with Crippen LogP contribution in [0.5, 0.6) is 5.75 Å². The summed E-state index contributed by atoms with van der Waals surface area (Å²) in [6.45, 7) is 3.66. The maximum absolute atomic E-state index is 13.2. The molecule has 1 fully saturated rings. The lowest BCUT2D eigenvalue weighted by Crippen LogP contribution is -2.38. The maximum Gasteiger partial charge on any atom is 0.259 e. The molecule has 1 saturated heterocycles. The van der Waals surface area contributed by atoms with E-state index in [0.717, 1.165) is 38.0 Å². The Morgan fingerprint density at radius 3 is 2.72 bits per heavy atom. The largest absolute Gasteiger partial charge is 0.490 e. The highest BCUT2D eigenvalue weighted by Crippen LogP contribution is 2.26. The molecule has 1 aromatic heterocycles. The highest BCUT2D eigenvalue weighted by atomic mass is 16.5. The van der Waals surface area contributed by atoms with Crippen LogP contribution in [0, 0.1) is 0 Å². The van der Waals surface area contributed by atoms with Crippen molar-refractivity contribution in [2.75, 3.05) is 46.6 Å². The van der Waals surface area contributed by atoms with E-state index in [4.69, 9.17) is 14.2 Å². The molecule has 2 aliphatic rings. The van der Waals surface area contributed by atoms with E-state index in [1.807, 2.05) is 4.90 Å². The molecule has 0 N–H and O–H groups in total. The first-order chi connectivity index (χ1) is 12.2.